The van der Waals surface area contributed by atoms with Crippen molar-refractivity contribution in [2.75, 3.05) is 12.4 Å². The number of halogens is 2. The van der Waals surface area contributed by atoms with Gasteiger partial charge >= 0.3 is 6.61 Å². The van der Waals surface area contributed by atoms with E-state index in [0.29, 0.717) is 5.95 Å². The number of ether oxygens (including phenoxy) is 2. The van der Waals surface area contributed by atoms with Crippen LogP contribution in [0.25, 0.3) is 5.70 Å². The summed E-state index contributed by atoms with van der Waals surface area (Å²) in [6, 6.07) is 14.0. The molecule has 0 saturated heterocycles. The van der Waals surface area contributed by atoms with E-state index in [9.17, 15) is 8.78 Å². The monoisotopic (exact) mass is 370 g/mol. The van der Waals surface area contributed by atoms with Crippen LogP contribution < -0.4 is 14.8 Å². The first-order valence-corrected chi connectivity index (χ1v) is 8.21. The van der Waals surface area contributed by atoms with Crippen LogP contribution >= 0.6 is 0 Å². The van der Waals surface area contributed by atoms with Gasteiger partial charge in [0, 0.05) is 5.70 Å². The molecule has 1 aliphatic rings. The van der Waals surface area contributed by atoms with Crippen LogP contribution in [0.5, 0.6) is 11.5 Å². The van der Waals surface area contributed by atoms with Crippen molar-refractivity contribution >= 4 is 11.6 Å². The Morgan fingerprint density at radius 3 is 2.41 bits per heavy atom. The fraction of sp³-hybridized carbons (Fsp3) is 0.158. The van der Waals surface area contributed by atoms with Crippen molar-refractivity contribution in [2.45, 2.75) is 12.7 Å². The molecule has 1 aromatic heterocycles. The molecule has 0 amide bonds. The maximum atomic E-state index is 12.3. The highest BCUT2D eigenvalue weighted by molar-refractivity contribution is 5.77. The average molecular weight is 370 g/mol. The Balaban J connectivity index is 1.67. The molecule has 0 radical (unpaired) electrons. The van der Waals surface area contributed by atoms with E-state index < -0.39 is 6.61 Å². The second-order valence-corrected chi connectivity index (χ2v) is 5.85. The predicted molar refractivity (Wildman–Crippen MR) is 95.8 cm³/mol. The average Bonchev–Trinajstić information content (AvgIpc) is 3.16. The summed E-state index contributed by atoms with van der Waals surface area (Å²) in [6.07, 6.45) is 3.49. The topological polar surface area (TPSA) is 61.2 Å². The van der Waals surface area contributed by atoms with Gasteiger partial charge in [-0.1, -0.05) is 12.1 Å². The van der Waals surface area contributed by atoms with Gasteiger partial charge < -0.3 is 14.8 Å². The standard InChI is InChI=1S/C19H16F2N4O2/c1-26-14-6-4-13(5-7-14)17-10-16(24-19-22-11-23-25(17)19)12-2-8-15(9-3-12)27-18(20)21/h2-11,17-18H,1H3,(H,22,23,24)/t17-/m1/s1. The summed E-state index contributed by atoms with van der Waals surface area (Å²) in [5.41, 5.74) is 2.64. The van der Waals surface area contributed by atoms with Crippen molar-refractivity contribution in [1.82, 2.24) is 14.8 Å². The summed E-state index contributed by atoms with van der Waals surface area (Å²) in [7, 11) is 1.62. The number of fused-ring (bicyclic) bond motifs is 1. The highest BCUT2D eigenvalue weighted by Gasteiger charge is 2.23. The molecule has 0 saturated carbocycles. The Morgan fingerprint density at radius 1 is 1.04 bits per heavy atom. The Hall–Kier alpha value is -3.42. The number of nitrogens with one attached hydrogen (secondary N) is 1. The van der Waals surface area contributed by atoms with Crippen molar-refractivity contribution < 1.29 is 18.3 Å². The van der Waals surface area contributed by atoms with Gasteiger partial charge in [-0.25, -0.2) is 4.68 Å². The van der Waals surface area contributed by atoms with E-state index in [2.05, 4.69) is 20.1 Å². The second kappa shape index (κ2) is 7.06. The van der Waals surface area contributed by atoms with Crippen molar-refractivity contribution in [2.24, 2.45) is 0 Å². The number of methoxy groups -OCH3 is 1. The van der Waals surface area contributed by atoms with E-state index >= 15 is 0 Å². The van der Waals surface area contributed by atoms with Crippen molar-refractivity contribution in [3.05, 3.63) is 72.1 Å². The molecule has 1 N–H and O–H groups in total. The third-order valence-corrected chi connectivity index (χ3v) is 4.26. The van der Waals surface area contributed by atoms with Crippen LogP contribution in [0.1, 0.15) is 17.2 Å². The zero-order valence-electron chi connectivity index (χ0n) is 14.3. The molecule has 4 rings (SSSR count). The van der Waals surface area contributed by atoms with Gasteiger partial charge in [-0.3, -0.25) is 0 Å². The van der Waals surface area contributed by atoms with Crippen molar-refractivity contribution in [1.29, 1.82) is 0 Å². The minimum Gasteiger partial charge on any atom is -0.497 e. The molecule has 6 nitrogen and oxygen atoms in total. The SMILES string of the molecule is COc1ccc([C@H]2C=C(c3ccc(OC(F)F)cc3)Nc3ncnn32)cc1. The quantitative estimate of drug-likeness (QED) is 0.737. The Morgan fingerprint density at radius 2 is 1.74 bits per heavy atom. The summed E-state index contributed by atoms with van der Waals surface area (Å²) in [5.74, 6) is 1.48. The maximum Gasteiger partial charge on any atom is 0.387 e. The molecule has 0 spiro atoms. The number of benzene rings is 2. The van der Waals surface area contributed by atoms with Crippen LogP contribution in [-0.4, -0.2) is 28.5 Å². The van der Waals surface area contributed by atoms with Crippen LogP contribution in [0.2, 0.25) is 0 Å². The molecule has 8 heteroatoms. The normalized spacial score (nSPS) is 15.7. The van der Waals surface area contributed by atoms with Gasteiger partial charge in [0.25, 0.3) is 0 Å². The second-order valence-electron chi connectivity index (χ2n) is 5.85. The molecule has 138 valence electrons. The van der Waals surface area contributed by atoms with E-state index in [0.717, 1.165) is 22.6 Å². The Labute approximate surface area is 154 Å². The molecule has 0 aliphatic carbocycles. The summed E-state index contributed by atoms with van der Waals surface area (Å²) in [5, 5.41) is 7.51. The van der Waals surface area contributed by atoms with Crippen LogP contribution in [0, 0.1) is 0 Å². The minimum absolute atomic E-state index is 0.111. The van der Waals surface area contributed by atoms with Crippen LogP contribution in [0.3, 0.4) is 0 Å². The molecular weight excluding hydrogens is 354 g/mol. The summed E-state index contributed by atoms with van der Waals surface area (Å²) < 4.78 is 36.0. The molecule has 1 aliphatic heterocycles. The van der Waals surface area contributed by atoms with E-state index in [1.165, 1.54) is 18.5 Å². The smallest absolute Gasteiger partial charge is 0.387 e. The zero-order valence-corrected chi connectivity index (χ0v) is 14.3. The summed E-state index contributed by atoms with van der Waals surface area (Å²) >= 11 is 0. The van der Waals surface area contributed by atoms with Crippen LogP contribution in [0.4, 0.5) is 14.7 Å². The first-order chi connectivity index (χ1) is 13.1. The maximum absolute atomic E-state index is 12.3. The number of hydrogen-bond acceptors (Lipinski definition) is 5. The lowest BCUT2D eigenvalue weighted by molar-refractivity contribution is -0.0498. The molecule has 3 aromatic rings. The number of anilines is 1. The Bertz CT molecular complexity index is 953. The van der Waals surface area contributed by atoms with Gasteiger partial charge in [0.2, 0.25) is 5.95 Å². The Kier molecular flexibility index (Phi) is 4.45. The molecule has 27 heavy (non-hydrogen) atoms. The van der Waals surface area contributed by atoms with Gasteiger partial charge in [-0.2, -0.15) is 18.9 Å². The number of alkyl halides is 2. The molecule has 0 fully saturated rings. The first-order valence-electron chi connectivity index (χ1n) is 8.21. The van der Waals surface area contributed by atoms with Crippen LogP contribution in [0.15, 0.2) is 60.9 Å². The molecule has 0 unspecified atom stereocenters. The fourth-order valence-corrected chi connectivity index (χ4v) is 2.96. The predicted octanol–water partition coefficient (Wildman–Crippen LogP) is 3.94. The van der Waals surface area contributed by atoms with Gasteiger partial charge in [-0.15, -0.1) is 0 Å². The van der Waals surface area contributed by atoms with Gasteiger partial charge in [0.05, 0.1) is 7.11 Å². The first kappa shape index (κ1) is 17.0. The lowest BCUT2D eigenvalue weighted by Gasteiger charge is -2.24. The van der Waals surface area contributed by atoms with Crippen LogP contribution in [-0.2, 0) is 0 Å². The summed E-state index contributed by atoms with van der Waals surface area (Å²) in [4.78, 5) is 4.25. The summed E-state index contributed by atoms with van der Waals surface area (Å²) in [6.45, 7) is -2.85. The lowest BCUT2D eigenvalue weighted by atomic mass is 10.0. The number of hydrogen-bond donors (Lipinski definition) is 1. The van der Waals surface area contributed by atoms with Crippen molar-refractivity contribution in [3.63, 3.8) is 0 Å². The third kappa shape index (κ3) is 3.46. The zero-order chi connectivity index (χ0) is 18.8. The van der Waals surface area contributed by atoms with E-state index in [4.69, 9.17) is 4.74 Å². The van der Waals surface area contributed by atoms with Crippen molar-refractivity contribution in [3.8, 4) is 11.5 Å². The fourth-order valence-electron chi connectivity index (χ4n) is 2.96. The molecule has 2 heterocycles. The highest BCUT2D eigenvalue weighted by atomic mass is 19.3. The number of rotatable bonds is 5. The molecule has 0 bridgehead atoms. The number of nitrogens with zero attached hydrogens (tertiary/aromatic N) is 3. The largest absolute Gasteiger partial charge is 0.497 e. The lowest BCUT2D eigenvalue weighted by Crippen LogP contribution is -2.20. The van der Waals surface area contributed by atoms with Gasteiger partial charge in [0.1, 0.15) is 23.9 Å². The molecule has 1 atom stereocenters. The van der Waals surface area contributed by atoms with E-state index in [1.807, 2.05) is 30.3 Å². The molecular formula is C19H16F2N4O2. The highest BCUT2D eigenvalue weighted by Crippen LogP contribution is 2.33. The number of allylic oxidation sites excluding steroid dienone is 1. The molecule has 2 aromatic carbocycles. The third-order valence-electron chi connectivity index (χ3n) is 4.26. The minimum atomic E-state index is -2.85. The van der Waals surface area contributed by atoms with Gasteiger partial charge in [0.15, 0.2) is 0 Å². The number of aromatic nitrogens is 3. The van der Waals surface area contributed by atoms with E-state index in [1.54, 1.807) is 23.9 Å². The van der Waals surface area contributed by atoms with Gasteiger partial charge in [-0.05, 0) is 53.6 Å². The van der Waals surface area contributed by atoms with E-state index in [-0.39, 0.29) is 11.8 Å².